The molecule has 1 aliphatic carbocycles. The fraction of sp³-hybridized carbons (Fsp3) is 0.929. The van der Waals surface area contributed by atoms with Gasteiger partial charge in [0.05, 0.1) is 12.7 Å². The molecule has 0 radical (unpaired) electrons. The van der Waals surface area contributed by atoms with Gasteiger partial charge >= 0.3 is 0 Å². The van der Waals surface area contributed by atoms with Crippen LogP contribution < -0.4 is 10.6 Å². The Kier molecular flexibility index (Phi) is 5.94. The third-order valence-electron chi connectivity index (χ3n) is 3.92. The van der Waals surface area contributed by atoms with Gasteiger partial charge in [0.15, 0.2) is 0 Å². The molecule has 0 bridgehead atoms. The molecule has 18 heavy (non-hydrogen) atoms. The lowest BCUT2D eigenvalue weighted by Gasteiger charge is -2.23. The van der Waals surface area contributed by atoms with Gasteiger partial charge in [-0.05, 0) is 25.7 Å². The highest BCUT2D eigenvalue weighted by atomic mass is 16.5. The highest BCUT2D eigenvalue weighted by Crippen LogP contribution is 2.19. The summed E-state index contributed by atoms with van der Waals surface area (Å²) in [6.45, 7) is 2.48. The minimum atomic E-state index is 0.179. The van der Waals surface area contributed by atoms with Crippen molar-refractivity contribution < 1.29 is 9.53 Å². The van der Waals surface area contributed by atoms with E-state index in [0.29, 0.717) is 18.6 Å². The predicted molar refractivity (Wildman–Crippen MR) is 71.5 cm³/mol. The van der Waals surface area contributed by atoms with Crippen LogP contribution in [0.5, 0.6) is 0 Å². The first kappa shape index (κ1) is 13.8. The van der Waals surface area contributed by atoms with Crippen molar-refractivity contribution in [2.24, 2.45) is 0 Å². The Bertz CT molecular complexity index is 252. The Hall–Kier alpha value is -0.610. The van der Waals surface area contributed by atoms with E-state index in [1.165, 1.54) is 32.1 Å². The van der Waals surface area contributed by atoms with Crippen molar-refractivity contribution in [2.45, 2.75) is 63.5 Å². The summed E-state index contributed by atoms with van der Waals surface area (Å²) in [5.74, 6) is 0.179. The zero-order chi connectivity index (χ0) is 12.6. The van der Waals surface area contributed by atoms with E-state index in [4.69, 9.17) is 4.74 Å². The van der Waals surface area contributed by atoms with Gasteiger partial charge in [-0.1, -0.05) is 19.3 Å². The third kappa shape index (κ3) is 4.94. The molecule has 2 aliphatic rings. The second-order valence-corrected chi connectivity index (χ2v) is 5.48. The number of nitrogens with one attached hydrogen (secondary N) is 2. The van der Waals surface area contributed by atoms with Crippen molar-refractivity contribution in [3.8, 4) is 0 Å². The van der Waals surface area contributed by atoms with Gasteiger partial charge in [-0.15, -0.1) is 0 Å². The van der Waals surface area contributed by atoms with Gasteiger partial charge in [0.1, 0.15) is 0 Å². The van der Waals surface area contributed by atoms with Crippen LogP contribution in [0.15, 0.2) is 0 Å². The van der Waals surface area contributed by atoms with Crippen LogP contribution in [0.4, 0.5) is 0 Å². The molecule has 1 atom stereocenters. The van der Waals surface area contributed by atoms with Crippen LogP contribution in [0.3, 0.4) is 0 Å². The maximum absolute atomic E-state index is 11.4. The summed E-state index contributed by atoms with van der Waals surface area (Å²) in [5.41, 5.74) is 0. The summed E-state index contributed by atoms with van der Waals surface area (Å²) < 4.78 is 5.87. The van der Waals surface area contributed by atoms with Gasteiger partial charge < -0.3 is 15.4 Å². The van der Waals surface area contributed by atoms with Gasteiger partial charge in [-0.2, -0.15) is 0 Å². The Morgan fingerprint density at radius 2 is 2.00 bits per heavy atom. The standard InChI is InChI=1S/C14H26N2O2/c17-14-11-12(5-4-8-16-14)15-9-10-18-13-6-2-1-3-7-13/h12-13,15H,1-11H2,(H,16,17). The second kappa shape index (κ2) is 7.74. The monoisotopic (exact) mass is 254 g/mol. The van der Waals surface area contributed by atoms with Crippen molar-refractivity contribution in [3.63, 3.8) is 0 Å². The Morgan fingerprint density at radius 1 is 1.17 bits per heavy atom. The summed E-state index contributed by atoms with van der Waals surface area (Å²) in [4.78, 5) is 11.4. The molecular formula is C14H26N2O2. The molecule has 1 unspecified atom stereocenters. The molecule has 1 saturated heterocycles. The molecule has 4 nitrogen and oxygen atoms in total. The molecule has 2 rings (SSSR count). The Balaban J connectivity index is 1.55. The lowest BCUT2D eigenvalue weighted by molar-refractivity contribution is -0.121. The third-order valence-corrected chi connectivity index (χ3v) is 3.92. The fourth-order valence-corrected chi connectivity index (χ4v) is 2.87. The number of hydrogen-bond acceptors (Lipinski definition) is 3. The van der Waals surface area contributed by atoms with E-state index in [-0.39, 0.29) is 5.91 Å². The van der Waals surface area contributed by atoms with Gasteiger partial charge in [0.25, 0.3) is 0 Å². The fourth-order valence-electron chi connectivity index (χ4n) is 2.87. The molecular weight excluding hydrogens is 228 g/mol. The van der Waals surface area contributed by atoms with Crippen LogP contribution in [0, 0.1) is 0 Å². The first-order chi connectivity index (χ1) is 8.84. The SMILES string of the molecule is O=C1CC(NCCOC2CCCCC2)CCCN1. The number of amides is 1. The molecule has 1 saturated carbocycles. The molecule has 0 spiro atoms. The molecule has 0 aromatic rings. The average molecular weight is 254 g/mol. The van der Waals surface area contributed by atoms with Crippen molar-refractivity contribution in [3.05, 3.63) is 0 Å². The van der Waals surface area contributed by atoms with E-state index in [2.05, 4.69) is 10.6 Å². The van der Waals surface area contributed by atoms with E-state index in [1.807, 2.05) is 0 Å². The molecule has 0 aromatic heterocycles. The summed E-state index contributed by atoms with van der Waals surface area (Å²) in [7, 11) is 0. The summed E-state index contributed by atoms with van der Waals surface area (Å²) in [6, 6.07) is 0.336. The predicted octanol–water partition coefficient (Wildman–Crippen LogP) is 1.59. The first-order valence-corrected chi connectivity index (χ1v) is 7.46. The molecule has 4 heteroatoms. The van der Waals surface area contributed by atoms with Crippen molar-refractivity contribution >= 4 is 5.91 Å². The maximum atomic E-state index is 11.4. The summed E-state index contributed by atoms with van der Waals surface area (Å²) in [6.07, 6.45) is 9.73. The first-order valence-electron chi connectivity index (χ1n) is 7.46. The molecule has 1 heterocycles. The van der Waals surface area contributed by atoms with Crippen LogP contribution in [-0.4, -0.2) is 37.7 Å². The van der Waals surface area contributed by atoms with Crippen LogP contribution in [-0.2, 0) is 9.53 Å². The Morgan fingerprint density at radius 3 is 2.83 bits per heavy atom. The quantitative estimate of drug-likeness (QED) is 0.733. The zero-order valence-electron chi connectivity index (χ0n) is 11.2. The number of rotatable bonds is 5. The molecule has 104 valence electrons. The minimum absolute atomic E-state index is 0.179. The van der Waals surface area contributed by atoms with E-state index >= 15 is 0 Å². The lowest BCUT2D eigenvalue weighted by atomic mass is 9.98. The van der Waals surface area contributed by atoms with Crippen LogP contribution >= 0.6 is 0 Å². The smallest absolute Gasteiger partial charge is 0.221 e. The highest BCUT2D eigenvalue weighted by molar-refractivity contribution is 5.76. The highest BCUT2D eigenvalue weighted by Gasteiger charge is 2.17. The summed E-state index contributed by atoms with van der Waals surface area (Å²) in [5, 5.41) is 6.35. The molecule has 1 amide bonds. The summed E-state index contributed by atoms with van der Waals surface area (Å²) >= 11 is 0. The van der Waals surface area contributed by atoms with E-state index in [1.54, 1.807) is 0 Å². The van der Waals surface area contributed by atoms with E-state index < -0.39 is 0 Å². The normalized spacial score (nSPS) is 26.7. The van der Waals surface area contributed by atoms with Crippen molar-refractivity contribution in [1.82, 2.24) is 10.6 Å². The largest absolute Gasteiger partial charge is 0.377 e. The van der Waals surface area contributed by atoms with Gasteiger partial charge in [0, 0.05) is 25.6 Å². The van der Waals surface area contributed by atoms with Crippen LogP contribution in [0.2, 0.25) is 0 Å². The zero-order valence-corrected chi connectivity index (χ0v) is 11.2. The van der Waals surface area contributed by atoms with Crippen molar-refractivity contribution in [1.29, 1.82) is 0 Å². The van der Waals surface area contributed by atoms with E-state index in [9.17, 15) is 4.79 Å². The second-order valence-electron chi connectivity index (χ2n) is 5.48. The van der Waals surface area contributed by atoms with E-state index in [0.717, 1.165) is 32.5 Å². The maximum Gasteiger partial charge on any atom is 0.221 e. The van der Waals surface area contributed by atoms with Gasteiger partial charge in [-0.25, -0.2) is 0 Å². The number of carbonyl (C=O) groups is 1. The van der Waals surface area contributed by atoms with Crippen LogP contribution in [0.25, 0.3) is 0 Å². The van der Waals surface area contributed by atoms with Gasteiger partial charge in [-0.3, -0.25) is 4.79 Å². The van der Waals surface area contributed by atoms with Crippen molar-refractivity contribution in [2.75, 3.05) is 19.7 Å². The number of carbonyl (C=O) groups excluding carboxylic acids is 1. The topological polar surface area (TPSA) is 50.4 Å². The molecule has 2 N–H and O–H groups in total. The molecule has 2 fully saturated rings. The van der Waals surface area contributed by atoms with Crippen LogP contribution in [0.1, 0.15) is 51.4 Å². The lowest BCUT2D eigenvalue weighted by Crippen LogP contribution is -2.35. The molecule has 0 aromatic carbocycles. The Labute approximate surface area is 110 Å². The average Bonchev–Trinajstić information content (AvgIpc) is 2.60. The molecule has 1 aliphatic heterocycles. The minimum Gasteiger partial charge on any atom is -0.377 e. The number of ether oxygens (including phenoxy) is 1. The van der Waals surface area contributed by atoms with Gasteiger partial charge in [0.2, 0.25) is 5.91 Å². The number of hydrogen-bond donors (Lipinski definition) is 2.